The van der Waals surface area contributed by atoms with E-state index in [9.17, 15) is 5.11 Å². The molecular weight excluding hydrogens is 438 g/mol. The Morgan fingerprint density at radius 3 is 2.09 bits per heavy atom. The molecule has 0 aliphatic heterocycles. The zero-order chi connectivity index (χ0) is 24.9. The van der Waals surface area contributed by atoms with E-state index >= 15 is 0 Å². The number of phenols is 1. The number of nitrogens with one attached hydrogen (secondary N) is 1. The molecule has 0 amide bonds. The van der Waals surface area contributed by atoms with Crippen molar-refractivity contribution in [3.63, 3.8) is 0 Å². The van der Waals surface area contributed by atoms with Gasteiger partial charge in [0.1, 0.15) is 11.6 Å². The van der Waals surface area contributed by atoms with Gasteiger partial charge >= 0.3 is 0 Å². The maximum atomic E-state index is 10.9. The number of aryl methyl sites for hydroxylation is 1. The first kappa shape index (κ1) is 26.0. The van der Waals surface area contributed by atoms with E-state index in [0.29, 0.717) is 11.6 Å². The number of thiophene rings is 1. The first-order chi connectivity index (χ1) is 15.9. The molecule has 0 saturated heterocycles. The Balaban J connectivity index is 1.54. The summed E-state index contributed by atoms with van der Waals surface area (Å²) in [5.74, 6) is 1.01. The smallest absolute Gasteiger partial charge is 0.141 e. The van der Waals surface area contributed by atoms with Gasteiger partial charge in [0.05, 0.1) is 10.6 Å². The second kappa shape index (κ2) is 10.7. The molecule has 0 radical (unpaired) electrons. The summed E-state index contributed by atoms with van der Waals surface area (Å²) < 4.78 is 0. The number of rotatable bonds is 8. The summed E-state index contributed by atoms with van der Waals surface area (Å²) in [6, 6.07) is 16.5. The molecule has 3 aromatic rings. The minimum absolute atomic E-state index is 0.0943. The summed E-state index contributed by atoms with van der Waals surface area (Å²) in [7, 11) is 0. The average Bonchev–Trinajstić information content (AvgIpc) is 3.29. The summed E-state index contributed by atoms with van der Waals surface area (Å²) in [5.41, 5.74) is 11.3. The summed E-state index contributed by atoms with van der Waals surface area (Å²) in [6.45, 7) is 14.7. The maximum Gasteiger partial charge on any atom is 0.141 e. The number of phenolic OH excluding ortho intramolecular Hbond substituents is 1. The number of nitrogens with two attached hydrogens (primary N) is 1. The van der Waals surface area contributed by atoms with Crippen LogP contribution in [0.2, 0.25) is 0 Å². The Morgan fingerprint density at radius 2 is 1.56 bits per heavy atom. The number of aliphatic imine (C=N–C) groups is 1. The van der Waals surface area contributed by atoms with E-state index in [1.54, 1.807) is 11.3 Å². The molecule has 0 bridgehead atoms. The van der Waals surface area contributed by atoms with Gasteiger partial charge in [0.15, 0.2) is 0 Å². The maximum absolute atomic E-state index is 10.9. The fourth-order valence-electron chi connectivity index (χ4n) is 3.94. The number of nitrogens with zero attached hydrogens (tertiary/aromatic N) is 1. The van der Waals surface area contributed by atoms with Gasteiger partial charge in [-0.05, 0) is 76.0 Å². The van der Waals surface area contributed by atoms with Gasteiger partial charge in [-0.15, -0.1) is 11.3 Å². The van der Waals surface area contributed by atoms with E-state index in [2.05, 4.69) is 76.1 Å². The molecule has 0 unspecified atom stereocenters. The molecule has 182 valence electrons. The van der Waals surface area contributed by atoms with Crippen LogP contribution in [0.15, 0.2) is 58.9 Å². The SMILES string of the molecule is CC(C)(C)c1cc(CCCNCc2ccc(N=C(N)c3cccs3)cc2)cc(C(C)(C)C)c1O. The van der Waals surface area contributed by atoms with E-state index in [1.807, 2.05) is 29.6 Å². The van der Waals surface area contributed by atoms with Crippen molar-refractivity contribution >= 4 is 22.9 Å². The third kappa shape index (κ3) is 6.94. The number of benzene rings is 2. The Bertz CT molecular complexity index is 1070. The van der Waals surface area contributed by atoms with Crippen molar-refractivity contribution in [1.82, 2.24) is 5.32 Å². The fraction of sp³-hybridized carbons (Fsp3) is 0.414. The predicted molar refractivity (Wildman–Crippen MR) is 147 cm³/mol. The second-order valence-corrected chi connectivity index (χ2v) is 11.9. The van der Waals surface area contributed by atoms with Crippen molar-refractivity contribution in [2.75, 3.05) is 6.54 Å². The molecule has 5 heteroatoms. The molecule has 2 aromatic carbocycles. The quantitative estimate of drug-likeness (QED) is 0.190. The van der Waals surface area contributed by atoms with Crippen LogP contribution in [0.3, 0.4) is 0 Å². The molecule has 0 spiro atoms. The Morgan fingerprint density at radius 1 is 0.941 bits per heavy atom. The van der Waals surface area contributed by atoms with Gasteiger partial charge in [-0.25, -0.2) is 4.99 Å². The third-order valence-electron chi connectivity index (χ3n) is 5.89. The van der Waals surface area contributed by atoms with Crippen LogP contribution in [0.1, 0.15) is 75.1 Å². The molecule has 3 rings (SSSR count). The molecule has 0 aliphatic carbocycles. The van der Waals surface area contributed by atoms with E-state index < -0.39 is 0 Å². The van der Waals surface area contributed by atoms with Gasteiger partial charge in [0.25, 0.3) is 0 Å². The molecule has 1 aromatic heterocycles. The first-order valence-corrected chi connectivity index (χ1v) is 12.9. The van der Waals surface area contributed by atoms with Crippen molar-refractivity contribution in [3.8, 4) is 5.75 Å². The van der Waals surface area contributed by atoms with E-state index in [1.165, 1.54) is 11.1 Å². The normalized spacial score (nSPS) is 12.8. The standard InChI is InChI=1S/C29H39N3OS/c1-28(2,3)23-17-21(18-24(26(23)33)29(4,5)6)9-7-15-31-19-20-11-13-22(14-12-20)32-27(30)25-10-8-16-34-25/h8,10-14,16-18,31,33H,7,9,15,19H2,1-6H3,(H2,30,32). The summed E-state index contributed by atoms with van der Waals surface area (Å²) in [6.07, 6.45) is 2.02. The average molecular weight is 478 g/mol. The van der Waals surface area contributed by atoms with Crippen molar-refractivity contribution in [1.29, 1.82) is 0 Å². The highest BCUT2D eigenvalue weighted by Crippen LogP contribution is 2.40. The lowest BCUT2D eigenvalue weighted by molar-refractivity contribution is 0.422. The van der Waals surface area contributed by atoms with Crippen molar-refractivity contribution in [2.24, 2.45) is 10.7 Å². The summed E-state index contributed by atoms with van der Waals surface area (Å²) in [5, 5.41) is 16.5. The largest absolute Gasteiger partial charge is 0.507 e. The fourth-order valence-corrected chi connectivity index (χ4v) is 4.57. The molecule has 1 heterocycles. The lowest BCUT2D eigenvalue weighted by Crippen LogP contribution is -2.18. The van der Waals surface area contributed by atoms with Crippen LogP contribution in [-0.2, 0) is 23.8 Å². The lowest BCUT2D eigenvalue weighted by atomic mass is 9.78. The van der Waals surface area contributed by atoms with Crippen molar-refractivity contribution in [2.45, 2.75) is 71.8 Å². The summed E-state index contributed by atoms with van der Waals surface area (Å²) in [4.78, 5) is 5.50. The van der Waals surface area contributed by atoms with Crippen LogP contribution in [0.5, 0.6) is 5.75 Å². The first-order valence-electron chi connectivity index (χ1n) is 12.0. The number of hydrogen-bond donors (Lipinski definition) is 3. The Labute approximate surface area is 209 Å². The molecule has 4 nitrogen and oxygen atoms in total. The molecule has 0 fully saturated rings. The van der Waals surface area contributed by atoms with Gasteiger partial charge in [0, 0.05) is 6.54 Å². The zero-order valence-corrected chi connectivity index (χ0v) is 22.2. The number of hydrogen-bond acceptors (Lipinski definition) is 4. The lowest BCUT2D eigenvalue weighted by Gasteiger charge is -2.28. The number of aromatic hydroxyl groups is 1. The minimum atomic E-state index is -0.0943. The second-order valence-electron chi connectivity index (χ2n) is 11.0. The van der Waals surface area contributed by atoms with Gasteiger partial charge in [0.2, 0.25) is 0 Å². The van der Waals surface area contributed by atoms with Gasteiger partial charge in [-0.1, -0.05) is 71.9 Å². The Kier molecular flexibility index (Phi) is 8.21. The van der Waals surface area contributed by atoms with Crippen molar-refractivity contribution in [3.05, 3.63) is 81.0 Å². The van der Waals surface area contributed by atoms with Crippen LogP contribution >= 0.6 is 11.3 Å². The van der Waals surface area contributed by atoms with E-state index in [4.69, 9.17) is 5.73 Å². The van der Waals surface area contributed by atoms with Crippen LogP contribution in [0, 0.1) is 0 Å². The molecule has 0 aliphatic rings. The molecule has 0 saturated carbocycles. The Hall–Kier alpha value is -2.63. The summed E-state index contributed by atoms with van der Waals surface area (Å²) >= 11 is 1.59. The van der Waals surface area contributed by atoms with Crippen LogP contribution in [0.25, 0.3) is 0 Å². The highest BCUT2D eigenvalue weighted by atomic mass is 32.1. The highest BCUT2D eigenvalue weighted by Gasteiger charge is 2.26. The van der Waals surface area contributed by atoms with Crippen LogP contribution in [-0.4, -0.2) is 17.5 Å². The van der Waals surface area contributed by atoms with Crippen LogP contribution < -0.4 is 11.1 Å². The topological polar surface area (TPSA) is 70.6 Å². The van der Waals surface area contributed by atoms with Crippen molar-refractivity contribution < 1.29 is 5.11 Å². The molecule has 34 heavy (non-hydrogen) atoms. The van der Waals surface area contributed by atoms with Gasteiger partial charge < -0.3 is 16.2 Å². The zero-order valence-electron chi connectivity index (χ0n) is 21.4. The minimum Gasteiger partial charge on any atom is -0.507 e. The molecule has 4 N–H and O–H groups in total. The molecule has 0 atom stereocenters. The molecular formula is C29H39N3OS. The monoisotopic (exact) mass is 477 g/mol. The third-order valence-corrected chi connectivity index (χ3v) is 6.79. The van der Waals surface area contributed by atoms with Gasteiger partial charge in [-0.2, -0.15) is 0 Å². The highest BCUT2D eigenvalue weighted by molar-refractivity contribution is 7.12. The number of amidine groups is 1. The van der Waals surface area contributed by atoms with Gasteiger partial charge in [-0.3, -0.25) is 0 Å². The van der Waals surface area contributed by atoms with Crippen LogP contribution in [0.4, 0.5) is 5.69 Å². The van der Waals surface area contributed by atoms with E-state index in [0.717, 1.165) is 47.6 Å². The predicted octanol–water partition coefficient (Wildman–Crippen LogP) is 6.81. The van der Waals surface area contributed by atoms with E-state index in [-0.39, 0.29) is 10.8 Å².